The highest BCUT2D eigenvalue weighted by Crippen LogP contribution is 2.31. The van der Waals surface area contributed by atoms with Crippen molar-refractivity contribution < 1.29 is 4.79 Å². The van der Waals surface area contributed by atoms with E-state index in [4.69, 9.17) is 23.2 Å². The van der Waals surface area contributed by atoms with Crippen LogP contribution in [0.5, 0.6) is 0 Å². The highest BCUT2D eigenvalue weighted by Gasteiger charge is 2.13. The lowest BCUT2D eigenvalue weighted by molar-refractivity contribution is 0.102. The fourth-order valence-electron chi connectivity index (χ4n) is 1.21. The second-order valence-electron chi connectivity index (χ2n) is 3.06. The minimum Gasteiger partial charge on any atom is -0.322 e. The van der Waals surface area contributed by atoms with Gasteiger partial charge in [0.25, 0.3) is 5.91 Å². The number of amides is 1. The van der Waals surface area contributed by atoms with Crippen molar-refractivity contribution in [1.82, 2.24) is 0 Å². The number of benzene rings is 1. The molecule has 82 valence electrons. The molecule has 2 rings (SSSR count). The Bertz CT molecular complexity index is 510. The van der Waals surface area contributed by atoms with E-state index in [1.165, 1.54) is 11.3 Å². The van der Waals surface area contributed by atoms with Crippen molar-refractivity contribution in [2.24, 2.45) is 0 Å². The van der Waals surface area contributed by atoms with E-state index in [0.29, 0.717) is 14.2 Å². The number of thiophene rings is 1. The molecule has 0 radical (unpaired) electrons. The quantitative estimate of drug-likeness (QED) is 0.867. The number of hydrogen-bond acceptors (Lipinski definition) is 2. The summed E-state index contributed by atoms with van der Waals surface area (Å²) in [5.41, 5.74) is 1.13. The first-order valence-corrected chi connectivity index (χ1v) is 6.05. The van der Waals surface area contributed by atoms with E-state index >= 15 is 0 Å². The summed E-state index contributed by atoms with van der Waals surface area (Å²) in [5.74, 6) is -0.251. The zero-order valence-corrected chi connectivity index (χ0v) is 10.4. The summed E-state index contributed by atoms with van der Waals surface area (Å²) in [7, 11) is 0. The number of hydrogen-bond donors (Lipinski definition) is 1. The highest BCUT2D eigenvalue weighted by atomic mass is 35.5. The van der Waals surface area contributed by atoms with Crippen LogP contribution in [0.4, 0.5) is 5.69 Å². The van der Waals surface area contributed by atoms with Gasteiger partial charge < -0.3 is 5.32 Å². The Morgan fingerprint density at radius 2 is 1.88 bits per heavy atom. The number of halogens is 2. The predicted octanol–water partition coefficient (Wildman–Crippen LogP) is 4.31. The minimum atomic E-state index is -0.251. The summed E-state index contributed by atoms with van der Waals surface area (Å²) in [6, 6.07) is 10.7. The van der Waals surface area contributed by atoms with E-state index < -0.39 is 0 Å². The fourth-order valence-corrected chi connectivity index (χ4v) is 2.67. The van der Waals surface area contributed by atoms with Crippen LogP contribution in [0.2, 0.25) is 8.67 Å². The third-order valence-corrected chi connectivity index (χ3v) is 3.42. The second-order valence-corrected chi connectivity index (χ2v) is 5.34. The van der Waals surface area contributed by atoms with Gasteiger partial charge in [0, 0.05) is 5.69 Å². The van der Waals surface area contributed by atoms with Gasteiger partial charge in [-0.05, 0) is 18.2 Å². The summed E-state index contributed by atoms with van der Waals surface area (Å²) in [6.45, 7) is 0. The molecule has 0 spiro atoms. The Morgan fingerprint density at radius 3 is 2.44 bits per heavy atom. The van der Waals surface area contributed by atoms with Crippen molar-refractivity contribution in [3.8, 4) is 0 Å². The van der Waals surface area contributed by atoms with Gasteiger partial charge in [-0.3, -0.25) is 4.79 Å². The summed E-state index contributed by atoms with van der Waals surface area (Å²) >= 11 is 12.8. The van der Waals surface area contributed by atoms with Crippen molar-refractivity contribution >= 4 is 46.1 Å². The normalized spacial score (nSPS) is 10.1. The number of nitrogens with one attached hydrogen (secondary N) is 1. The Hall–Kier alpha value is -1.03. The molecule has 0 unspecified atom stereocenters. The molecule has 0 fully saturated rings. The first-order chi connectivity index (χ1) is 7.66. The number of carbonyl (C=O) groups excluding carboxylic acids is 1. The number of carbonyl (C=O) groups is 1. The second kappa shape index (κ2) is 4.87. The molecule has 1 amide bonds. The van der Waals surface area contributed by atoms with Gasteiger partial charge in [0.1, 0.15) is 4.34 Å². The van der Waals surface area contributed by atoms with Gasteiger partial charge in [0.15, 0.2) is 0 Å². The summed E-state index contributed by atoms with van der Waals surface area (Å²) in [5, 5.41) is 2.74. The van der Waals surface area contributed by atoms with Crippen molar-refractivity contribution in [2.75, 3.05) is 5.32 Å². The van der Waals surface area contributed by atoms with Gasteiger partial charge >= 0.3 is 0 Å². The van der Waals surface area contributed by atoms with Crippen molar-refractivity contribution in [3.63, 3.8) is 0 Å². The Balaban J connectivity index is 2.18. The molecule has 16 heavy (non-hydrogen) atoms. The standard InChI is InChI=1S/C11H7Cl2NOS/c12-9-6-8(10(13)16-9)11(15)14-7-4-2-1-3-5-7/h1-6H,(H,14,15). The van der Waals surface area contributed by atoms with E-state index in [2.05, 4.69) is 5.32 Å². The van der Waals surface area contributed by atoms with Crippen molar-refractivity contribution in [3.05, 3.63) is 50.6 Å². The van der Waals surface area contributed by atoms with E-state index in [1.54, 1.807) is 18.2 Å². The maximum absolute atomic E-state index is 11.8. The van der Waals surface area contributed by atoms with Crippen LogP contribution in [0, 0.1) is 0 Å². The van der Waals surface area contributed by atoms with Crippen LogP contribution < -0.4 is 5.32 Å². The molecule has 0 saturated heterocycles. The lowest BCUT2D eigenvalue weighted by Crippen LogP contribution is -2.10. The van der Waals surface area contributed by atoms with Gasteiger partial charge in [-0.25, -0.2) is 0 Å². The molecule has 2 aromatic rings. The molecule has 0 bridgehead atoms. The first kappa shape index (κ1) is 11.5. The van der Waals surface area contributed by atoms with Crippen molar-refractivity contribution in [2.45, 2.75) is 0 Å². The molecule has 0 saturated carbocycles. The molecule has 2 nitrogen and oxygen atoms in total. The van der Waals surface area contributed by atoms with Gasteiger partial charge in [-0.1, -0.05) is 41.4 Å². The molecule has 0 aliphatic rings. The maximum atomic E-state index is 11.8. The molecule has 1 aromatic carbocycles. The molecule has 1 heterocycles. The average Bonchev–Trinajstić information content (AvgIpc) is 2.59. The molecule has 0 aliphatic carbocycles. The third-order valence-electron chi connectivity index (χ3n) is 1.93. The van der Waals surface area contributed by atoms with Crippen LogP contribution in [0.3, 0.4) is 0 Å². The lowest BCUT2D eigenvalue weighted by Gasteiger charge is -2.03. The molecule has 0 aliphatic heterocycles. The monoisotopic (exact) mass is 271 g/mol. The third kappa shape index (κ3) is 2.55. The predicted molar refractivity (Wildman–Crippen MR) is 68.7 cm³/mol. The summed E-state index contributed by atoms with van der Waals surface area (Å²) < 4.78 is 0.904. The van der Waals surface area contributed by atoms with Gasteiger partial charge in [0.05, 0.1) is 9.90 Å². The fraction of sp³-hybridized carbons (Fsp3) is 0. The molecule has 1 aromatic heterocycles. The Kier molecular flexibility index (Phi) is 3.49. The maximum Gasteiger partial charge on any atom is 0.258 e. The average molecular weight is 272 g/mol. The number of rotatable bonds is 2. The van der Waals surface area contributed by atoms with Gasteiger partial charge in [0.2, 0.25) is 0 Å². The molecule has 5 heteroatoms. The molecular formula is C11H7Cl2NOS. The van der Waals surface area contributed by atoms with E-state index in [1.807, 2.05) is 18.2 Å². The zero-order valence-electron chi connectivity index (χ0n) is 8.04. The van der Waals surface area contributed by atoms with E-state index in [9.17, 15) is 4.79 Å². The Labute approximate surface area is 107 Å². The number of anilines is 1. The van der Waals surface area contributed by atoms with Crippen molar-refractivity contribution in [1.29, 1.82) is 0 Å². The zero-order chi connectivity index (χ0) is 11.5. The van der Waals surface area contributed by atoms with Gasteiger partial charge in [-0.2, -0.15) is 0 Å². The Morgan fingerprint density at radius 1 is 1.19 bits per heavy atom. The molecular weight excluding hydrogens is 265 g/mol. The van der Waals surface area contributed by atoms with Crippen LogP contribution >= 0.6 is 34.5 Å². The van der Waals surface area contributed by atoms with E-state index in [0.717, 1.165) is 5.69 Å². The molecule has 0 atom stereocenters. The van der Waals surface area contributed by atoms with Crippen LogP contribution in [-0.4, -0.2) is 5.91 Å². The molecule has 1 N–H and O–H groups in total. The smallest absolute Gasteiger partial charge is 0.258 e. The first-order valence-electron chi connectivity index (χ1n) is 4.48. The van der Waals surface area contributed by atoms with Crippen LogP contribution in [-0.2, 0) is 0 Å². The summed E-state index contributed by atoms with van der Waals surface area (Å²) in [6.07, 6.45) is 0. The highest BCUT2D eigenvalue weighted by molar-refractivity contribution is 7.20. The van der Waals surface area contributed by atoms with Crippen LogP contribution in [0.1, 0.15) is 10.4 Å². The van der Waals surface area contributed by atoms with Gasteiger partial charge in [-0.15, -0.1) is 11.3 Å². The van der Waals surface area contributed by atoms with Crippen LogP contribution in [0.15, 0.2) is 36.4 Å². The van der Waals surface area contributed by atoms with Crippen LogP contribution in [0.25, 0.3) is 0 Å². The lowest BCUT2D eigenvalue weighted by atomic mass is 10.3. The minimum absolute atomic E-state index is 0.251. The van der Waals surface area contributed by atoms with E-state index in [-0.39, 0.29) is 5.91 Å². The largest absolute Gasteiger partial charge is 0.322 e. The number of para-hydroxylation sites is 1. The summed E-state index contributed by atoms with van der Waals surface area (Å²) in [4.78, 5) is 11.8. The topological polar surface area (TPSA) is 29.1 Å². The SMILES string of the molecule is O=C(Nc1ccccc1)c1cc(Cl)sc1Cl.